The smallest absolute Gasteiger partial charge is 0.321 e. The second-order valence-electron chi connectivity index (χ2n) is 4.03. The number of quaternary nitrogens is 1. The molecule has 1 aromatic carbocycles. The summed E-state index contributed by atoms with van der Waals surface area (Å²) in [5.41, 5.74) is 4.43. The van der Waals surface area contributed by atoms with Gasteiger partial charge in [0.05, 0.1) is 19.1 Å². The van der Waals surface area contributed by atoms with Gasteiger partial charge in [-0.1, -0.05) is 0 Å². The van der Waals surface area contributed by atoms with Crippen molar-refractivity contribution in [1.29, 1.82) is 0 Å². The molecule has 120 valence electrons. The SMILES string of the molecule is COc1cc(NS(=O)(=O)c2ccc([NH3+])cc2)nc(OC)n1.[Br-]. The molecule has 0 aliphatic heterocycles. The van der Waals surface area contributed by atoms with Crippen LogP contribution in [0.5, 0.6) is 11.9 Å². The van der Waals surface area contributed by atoms with E-state index in [0.29, 0.717) is 0 Å². The lowest BCUT2D eigenvalue weighted by molar-refractivity contribution is -0.254. The average Bonchev–Trinajstić information content (AvgIpc) is 2.46. The lowest BCUT2D eigenvalue weighted by Crippen LogP contribution is -3.00. The van der Waals surface area contributed by atoms with Crippen molar-refractivity contribution in [3.63, 3.8) is 0 Å². The van der Waals surface area contributed by atoms with Crippen molar-refractivity contribution in [3.8, 4) is 11.9 Å². The number of methoxy groups -OCH3 is 2. The molecule has 0 spiro atoms. The predicted octanol–water partition coefficient (Wildman–Crippen LogP) is -2.83. The Morgan fingerprint density at radius 2 is 1.73 bits per heavy atom. The molecule has 1 aromatic heterocycles. The van der Waals surface area contributed by atoms with E-state index in [0.717, 1.165) is 5.69 Å². The predicted molar refractivity (Wildman–Crippen MR) is 74.9 cm³/mol. The Hall–Kier alpha value is -1.91. The molecule has 0 saturated heterocycles. The molecule has 22 heavy (non-hydrogen) atoms. The molecule has 8 nitrogen and oxygen atoms in total. The summed E-state index contributed by atoms with van der Waals surface area (Å²) in [5.74, 6) is 0.241. The van der Waals surface area contributed by atoms with Gasteiger partial charge in [-0.25, -0.2) is 8.42 Å². The second-order valence-corrected chi connectivity index (χ2v) is 5.71. The third-order valence-electron chi connectivity index (χ3n) is 2.55. The molecular formula is C12H15BrN4O4S. The molecule has 0 atom stereocenters. The quantitative estimate of drug-likeness (QED) is 0.568. The van der Waals surface area contributed by atoms with Crippen molar-refractivity contribution in [2.75, 3.05) is 18.9 Å². The van der Waals surface area contributed by atoms with Gasteiger partial charge in [0.1, 0.15) is 5.69 Å². The molecule has 2 aromatic rings. The molecule has 0 fully saturated rings. The first-order chi connectivity index (χ1) is 9.94. The first-order valence-electron chi connectivity index (χ1n) is 5.86. The van der Waals surface area contributed by atoms with E-state index in [1.807, 2.05) is 0 Å². The van der Waals surface area contributed by atoms with Gasteiger partial charge in [0.15, 0.2) is 5.82 Å². The van der Waals surface area contributed by atoms with E-state index in [2.05, 4.69) is 20.4 Å². The van der Waals surface area contributed by atoms with Crippen LogP contribution in [0.2, 0.25) is 0 Å². The van der Waals surface area contributed by atoms with Crippen LogP contribution in [0.4, 0.5) is 11.5 Å². The van der Waals surface area contributed by atoms with Crippen molar-refractivity contribution in [2.45, 2.75) is 4.90 Å². The molecule has 2 rings (SSSR count). The number of halogens is 1. The zero-order chi connectivity index (χ0) is 15.5. The van der Waals surface area contributed by atoms with Crippen LogP contribution in [0.25, 0.3) is 0 Å². The lowest BCUT2D eigenvalue weighted by atomic mass is 10.3. The largest absolute Gasteiger partial charge is 1.00 e. The van der Waals surface area contributed by atoms with E-state index in [4.69, 9.17) is 9.47 Å². The number of hydrogen-bond donors (Lipinski definition) is 2. The van der Waals surface area contributed by atoms with Gasteiger partial charge in [0.2, 0.25) is 5.88 Å². The molecule has 4 N–H and O–H groups in total. The topological polar surface area (TPSA) is 118 Å². The maximum absolute atomic E-state index is 12.2. The van der Waals surface area contributed by atoms with E-state index in [9.17, 15) is 8.42 Å². The number of nitrogens with one attached hydrogen (secondary N) is 1. The van der Waals surface area contributed by atoms with Gasteiger partial charge in [-0.15, -0.1) is 0 Å². The Morgan fingerprint density at radius 1 is 1.09 bits per heavy atom. The molecule has 0 amide bonds. The molecule has 0 unspecified atom stereocenters. The van der Waals surface area contributed by atoms with E-state index in [-0.39, 0.29) is 39.6 Å². The van der Waals surface area contributed by atoms with Gasteiger partial charge in [0.25, 0.3) is 10.0 Å². The molecule has 0 radical (unpaired) electrons. The monoisotopic (exact) mass is 390 g/mol. The summed E-state index contributed by atoms with van der Waals surface area (Å²) >= 11 is 0. The van der Waals surface area contributed by atoms with Crippen LogP contribution in [0.15, 0.2) is 35.2 Å². The van der Waals surface area contributed by atoms with E-state index in [1.54, 1.807) is 12.1 Å². The fourth-order valence-corrected chi connectivity index (χ4v) is 2.51. The summed E-state index contributed by atoms with van der Waals surface area (Å²) in [6.45, 7) is 0. The first kappa shape index (κ1) is 18.1. The maximum Gasteiger partial charge on any atom is 0.321 e. The Balaban J connectivity index is 0.00000242. The summed E-state index contributed by atoms with van der Waals surface area (Å²) in [7, 11) is -0.974. The Morgan fingerprint density at radius 3 is 2.27 bits per heavy atom. The Kier molecular flexibility index (Phi) is 6.09. The van der Waals surface area contributed by atoms with Crippen molar-refractivity contribution < 1.29 is 40.6 Å². The van der Waals surface area contributed by atoms with Gasteiger partial charge in [-0.2, -0.15) is 9.97 Å². The van der Waals surface area contributed by atoms with Crippen LogP contribution >= 0.6 is 0 Å². The third-order valence-corrected chi connectivity index (χ3v) is 3.92. The van der Waals surface area contributed by atoms with E-state index in [1.165, 1.54) is 32.4 Å². The minimum Gasteiger partial charge on any atom is -1.00 e. The van der Waals surface area contributed by atoms with Gasteiger partial charge in [0, 0.05) is 18.2 Å². The van der Waals surface area contributed by atoms with Crippen molar-refractivity contribution >= 4 is 21.5 Å². The number of ether oxygens (including phenoxy) is 2. The Labute approximate surface area is 138 Å². The maximum atomic E-state index is 12.2. The number of rotatable bonds is 5. The zero-order valence-corrected chi connectivity index (χ0v) is 14.3. The highest BCUT2D eigenvalue weighted by Gasteiger charge is 2.16. The van der Waals surface area contributed by atoms with E-state index < -0.39 is 10.0 Å². The Bertz CT molecular complexity index is 715. The second kappa shape index (κ2) is 7.38. The summed E-state index contributed by atoms with van der Waals surface area (Å²) in [5, 5.41) is 0. The molecule has 0 aliphatic carbocycles. The van der Waals surface area contributed by atoms with Crippen LogP contribution in [-0.2, 0) is 10.0 Å². The highest BCUT2D eigenvalue weighted by molar-refractivity contribution is 7.92. The average molecular weight is 391 g/mol. The third kappa shape index (κ3) is 4.29. The standard InChI is InChI=1S/C12H14N4O4S.BrH/c1-19-11-7-10(14-12(15-11)20-2)16-21(17,18)9-5-3-8(13)4-6-9;/h3-7H,13H2,1-2H3,(H,14,15,16);1H. The summed E-state index contributed by atoms with van der Waals surface area (Å²) < 4.78 is 36.7. The van der Waals surface area contributed by atoms with Crippen molar-refractivity contribution in [1.82, 2.24) is 9.97 Å². The van der Waals surface area contributed by atoms with Gasteiger partial charge in [-0.05, 0) is 12.1 Å². The number of sulfonamides is 1. The fourth-order valence-electron chi connectivity index (χ4n) is 1.52. The van der Waals surface area contributed by atoms with Gasteiger partial charge in [-0.3, -0.25) is 4.72 Å². The van der Waals surface area contributed by atoms with Crippen LogP contribution in [0, 0.1) is 0 Å². The highest BCUT2D eigenvalue weighted by Crippen LogP contribution is 2.20. The van der Waals surface area contributed by atoms with Crippen LogP contribution in [0.3, 0.4) is 0 Å². The van der Waals surface area contributed by atoms with Crippen LogP contribution < -0.4 is 36.9 Å². The molecule has 0 bridgehead atoms. The number of nitrogens with zero attached hydrogens (tertiary/aromatic N) is 2. The van der Waals surface area contributed by atoms with Crippen LogP contribution in [-0.4, -0.2) is 32.6 Å². The van der Waals surface area contributed by atoms with E-state index >= 15 is 0 Å². The molecule has 1 heterocycles. The first-order valence-corrected chi connectivity index (χ1v) is 7.35. The normalized spacial score (nSPS) is 10.5. The fraction of sp³-hybridized carbons (Fsp3) is 0.167. The number of anilines is 1. The molecule has 0 aliphatic rings. The van der Waals surface area contributed by atoms with Gasteiger partial charge >= 0.3 is 6.01 Å². The van der Waals surface area contributed by atoms with Crippen molar-refractivity contribution in [2.24, 2.45) is 0 Å². The minimum atomic E-state index is -3.76. The number of hydrogen-bond acceptors (Lipinski definition) is 6. The lowest BCUT2D eigenvalue weighted by Gasteiger charge is -2.09. The summed E-state index contributed by atoms with van der Waals surface area (Å²) in [6.07, 6.45) is 0. The zero-order valence-electron chi connectivity index (χ0n) is 11.9. The number of benzene rings is 1. The molecule has 10 heteroatoms. The van der Waals surface area contributed by atoms with Crippen molar-refractivity contribution in [3.05, 3.63) is 30.3 Å². The minimum absolute atomic E-state index is 0. The summed E-state index contributed by atoms with van der Waals surface area (Å²) in [4.78, 5) is 7.90. The number of aromatic nitrogens is 2. The van der Waals surface area contributed by atoms with Gasteiger partial charge < -0.3 is 32.2 Å². The highest BCUT2D eigenvalue weighted by atomic mass is 79.9. The molecular weight excluding hydrogens is 376 g/mol. The molecule has 0 saturated carbocycles. The summed E-state index contributed by atoms with van der Waals surface area (Å²) in [6, 6.07) is 7.49. The van der Waals surface area contributed by atoms with Crippen LogP contribution in [0.1, 0.15) is 0 Å².